The van der Waals surface area contributed by atoms with Crippen molar-refractivity contribution in [2.75, 3.05) is 32.8 Å². The van der Waals surface area contributed by atoms with Gasteiger partial charge in [0.2, 0.25) is 0 Å². The number of hydrogen-bond acceptors (Lipinski definition) is 3. The first-order valence-electron chi connectivity index (χ1n) is 8.71. The van der Waals surface area contributed by atoms with E-state index in [0.29, 0.717) is 12.5 Å². The molecule has 1 fully saturated rings. The van der Waals surface area contributed by atoms with E-state index in [-0.39, 0.29) is 12.0 Å². The third kappa shape index (κ3) is 3.79. The fourth-order valence-electron chi connectivity index (χ4n) is 3.41. The largest absolute Gasteiger partial charge is 0.374 e. The smallest absolute Gasteiger partial charge is 0.253 e. The van der Waals surface area contributed by atoms with Gasteiger partial charge in [-0.1, -0.05) is 32.0 Å². The number of rotatable bonds is 5. The van der Waals surface area contributed by atoms with Crippen molar-refractivity contribution in [3.05, 3.63) is 36.0 Å². The zero-order valence-electron chi connectivity index (χ0n) is 14.8. The lowest BCUT2D eigenvalue weighted by Crippen LogP contribution is -2.48. The van der Waals surface area contributed by atoms with Crippen LogP contribution in [0.15, 0.2) is 30.5 Å². The molecule has 1 N–H and O–H groups in total. The van der Waals surface area contributed by atoms with Gasteiger partial charge in [0.25, 0.3) is 5.91 Å². The van der Waals surface area contributed by atoms with Crippen molar-refractivity contribution < 1.29 is 9.53 Å². The predicted octanol–water partition coefficient (Wildman–Crippen LogP) is 2.26. The number of amides is 1. The second kappa shape index (κ2) is 7.36. The van der Waals surface area contributed by atoms with Crippen molar-refractivity contribution in [1.82, 2.24) is 14.8 Å². The topological polar surface area (TPSA) is 46.5 Å². The summed E-state index contributed by atoms with van der Waals surface area (Å²) in [6.07, 6.45) is 1.96. The van der Waals surface area contributed by atoms with Gasteiger partial charge in [0.15, 0.2) is 0 Å². The van der Waals surface area contributed by atoms with Crippen molar-refractivity contribution in [1.29, 1.82) is 0 Å². The van der Waals surface area contributed by atoms with Crippen LogP contribution in [0.3, 0.4) is 0 Å². The van der Waals surface area contributed by atoms with E-state index in [0.717, 1.165) is 42.7 Å². The average molecular weight is 329 g/mol. The van der Waals surface area contributed by atoms with Gasteiger partial charge in [-0.2, -0.15) is 0 Å². The molecule has 1 amide bonds. The molecule has 2 heterocycles. The van der Waals surface area contributed by atoms with Gasteiger partial charge in [-0.3, -0.25) is 9.69 Å². The van der Waals surface area contributed by atoms with E-state index in [4.69, 9.17) is 4.74 Å². The quantitative estimate of drug-likeness (QED) is 0.915. The lowest BCUT2D eigenvalue weighted by molar-refractivity contribution is -0.0295. The third-order valence-electron chi connectivity index (χ3n) is 4.48. The molecule has 24 heavy (non-hydrogen) atoms. The molecular weight excluding hydrogens is 302 g/mol. The van der Waals surface area contributed by atoms with Crippen LogP contribution in [0, 0.1) is 5.92 Å². The van der Waals surface area contributed by atoms with Crippen LogP contribution in [0.25, 0.3) is 10.9 Å². The highest BCUT2D eigenvalue weighted by Crippen LogP contribution is 2.20. The second-order valence-electron chi connectivity index (χ2n) is 7.03. The van der Waals surface area contributed by atoms with E-state index in [2.05, 4.69) is 24.1 Å². The van der Waals surface area contributed by atoms with Crippen LogP contribution >= 0.6 is 0 Å². The molecule has 130 valence electrons. The molecule has 0 radical (unpaired) electrons. The van der Waals surface area contributed by atoms with E-state index in [9.17, 15) is 4.79 Å². The summed E-state index contributed by atoms with van der Waals surface area (Å²) in [6.45, 7) is 8.69. The van der Waals surface area contributed by atoms with Crippen LogP contribution in [0.4, 0.5) is 0 Å². The highest BCUT2D eigenvalue weighted by Gasteiger charge is 2.22. The summed E-state index contributed by atoms with van der Waals surface area (Å²) in [7, 11) is 1.97. The zero-order valence-corrected chi connectivity index (χ0v) is 14.8. The number of carbonyl (C=O) groups excluding carboxylic acids is 1. The second-order valence-corrected chi connectivity index (χ2v) is 7.03. The van der Waals surface area contributed by atoms with E-state index in [1.54, 1.807) is 0 Å². The highest BCUT2D eigenvalue weighted by molar-refractivity contribution is 6.06. The standard InChI is InChI=1S/C19H27N3O2/c1-14(2)11-22-8-9-24-15(12-22)10-20-19(23)17-13-21(3)18-7-5-4-6-16(17)18/h4-7,13-15H,8-12H2,1-3H3,(H,20,23). The van der Waals surface area contributed by atoms with Crippen molar-refractivity contribution in [2.24, 2.45) is 13.0 Å². The Labute approximate surface area is 143 Å². The first-order valence-corrected chi connectivity index (χ1v) is 8.71. The predicted molar refractivity (Wildman–Crippen MR) is 96.3 cm³/mol. The maximum atomic E-state index is 12.6. The lowest BCUT2D eigenvalue weighted by atomic mass is 10.1. The fourth-order valence-corrected chi connectivity index (χ4v) is 3.41. The van der Waals surface area contributed by atoms with Crippen LogP contribution in [0.5, 0.6) is 0 Å². The third-order valence-corrected chi connectivity index (χ3v) is 4.48. The highest BCUT2D eigenvalue weighted by atomic mass is 16.5. The number of morpholine rings is 1. The Bertz CT molecular complexity index is 708. The van der Waals surface area contributed by atoms with Crippen molar-refractivity contribution in [3.8, 4) is 0 Å². The Morgan fingerprint density at radius 2 is 2.17 bits per heavy atom. The number of ether oxygens (including phenoxy) is 1. The molecule has 0 spiro atoms. The fraction of sp³-hybridized carbons (Fsp3) is 0.526. The monoisotopic (exact) mass is 329 g/mol. The van der Waals surface area contributed by atoms with Gasteiger partial charge < -0.3 is 14.6 Å². The molecule has 1 aromatic carbocycles. The molecule has 1 aliphatic heterocycles. The normalized spacial score (nSPS) is 19.1. The Balaban J connectivity index is 1.61. The Morgan fingerprint density at radius 1 is 1.38 bits per heavy atom. The van der Waals surface area contributed by atoms with Crippen molar-refractivity contribution in [3.63, 3.8) is 0 Å². The van der Waals surface area contributed by atoms with E-state index < -0.39 is 0 Å². The molecule has 0 saturated carbocycles. The van der Waals surface area contributed by atoms with Gasteiger partial charge >= 0.3 is 0 Å². The number of carbonyl (C=O) groups is 1. The van der Waals surface area contributed by atoms with Gasteiger partial charge in [-0.25, -0.2) is 0 Å². The van der Waals surface area contributed by atoms with Gasteiger partial charge in [0.05, 0.1) is 18.3 Å². The van der Waals surface area contributed by atoms with E-state index >= 15 is 0 Å². The number of aromatic nitrogens is 1. The number of benzene rings is 1. The molecule has 0 aliphatic carbocycles. The summed E-state index contributed by atoms with van der Waals surface area (Å²) in [5, 5.41) is 4.03. The summed E-state index contributed by atoms with van der Waals surface area (Å²) in [5.41, 5.74) is 1.79. The molecule has 5 heteroatoms. The number of aryl methyl sites for hydroxylation is 1. The van der Waals surface area contributed by atoms with E-state index in [1.807, 2.05) is 42.1 Å². The van der Waals surface area contributed by atoms with Crippen molar-refractivity contribution in [2.45, 2.75) is 20.0 Å². The number of hydrogen-bond donors (Lipinski definition) is 1. The van der Waals surface area contributed by atoms with Crippen LogP contribution in [0.1, 0.15) is 24.2 Å². The molecule has 1 aromatic heterocycles. The number of para-hydroxylation sites is 1. The van der Waals surface area contributed by atoms with Gasteiger partial charge in [0, 0.05) is 50.3 Å². The zero-order chi connectivity index (χ0) is 17.1. The molecule has 0 bridgehead atoms. The number of nitrogens with one attached hydrogen (secondary N) is 1. The minimum Gasteiger partial charge on any atom is -0.374 e. The summed E-state index contributed by atoms with van der Waals surface area (Å²) in [4.78, 5) is 15.0. The van der Waals surface area contributed by atoms with Gasteiger partial charge in [0.1, 0.15) is 0 Å². The molecule has 1 saturated heterocycles. The molecule has 2 aromatic rings. The summed E-state index contributed by atoms with van der Waals surface area (Å²) in [5.74, 6) is 0.616. The van der Waals surface area contributed by atoms with Crippen LogP contribution in [0.2, 0.25) is 0 Å². The average Bonchev–Trinajstić information content (AvgIpc) is 2.90. The first kappa shape index (κ1) is 17.0. The SMILES string of the molecule is CC(C)CN1CCOC(CNC(=O)c2cn(C)c3ccccc23)C1. The lowest BCUT2D eigenvalue weighted by Gasteiger charge is -2.33. The van der Waals surface area contributed by atoms with Crippen molar-refractivity contribution >= 4 is 16.8 Å². The minimum atomic E-state index is -0.0311. The summed E-state index contributed by atoms with van der Waals surface area (Å²) < 4.78 is 7.80. The number of fused-ring (bicyclic) bond motifs is 1. The molecule has 5 nitrogen and oxygen atoms in total. The van der Waals surface area contributed by atoms with Crippen LogP contribution in [-0.4, -0.2) is 54.3 Å². The van der Waals surface area contributed by atoms with Crippen LogP contribution in [-0.2, 0) is 11.8 Å². The van der Waals surface area contributed by atoms with Crippen LogP contribution < -0.4 is 5.32 Å². The van der Waals surface area contributed by atoms with Gasteiger partial charge in [-0.05, 0) is 12.0 Å². The maximum absolute atomic E-state index is 12.6. The molecule has 1 atom stereocenters. The molecule has 1 aliphatic rings. The first-order chi connectivity index (χ1) is 11.5. The number of nitrogens with zero attached hydrogens (tertiary/aromatic N) is 2. The van der Waals surface area contributed by atoms with Gasteiger partial charge in [-0.15, -0.1) is 0 Å². The molecule has 1 unspecified atom stereocenters. The molecular formula is C19H27N3O2. The summed E-state index contributed by atoms with van der Waals surface area (Å²) >= 11 is 0. The molecule has 3 rings (SSSR count). The summed E-state index contributed by atoms with van der Waals surface area (Å²) in [6, 6.07) is 7.97. The maximum Gasteiger partial charge on any atom is 0.253 e. The Hall–Kier alpha value is -1.85. The van der Waals surface area contributed by atoms with E-state index in [1.165, 1.54) is 0 Å². The Morgan fingerprint density at radius 3 is 2.96 bits per heavy atom. The Kier molecular flexibility index (Phi) is 5.21. The minimum absolute atomic E-state index is 0.0311.